The fraction of sp³-hybridized carbons (Fsp3) is 0.0833. The third-order valence-corrected chi connectivity index (χ3v) is 3.76. The minimum atomic E-state index is -3.63. The number of pyridine rings is 2. The molecule has 1 N–H and O–H groups in total. The molecule has 0 fully saturated rings. The van der Waals surface area contributed by atoms with Crippen LogP contribution in [-0.2, 0) is 16.6 Å². The van der Waals surface area contributed by atoms with Gasteiger partial charge in [-0.15, -0.1) is 0 Å². The maximum Gasteiger partial charge on any atom is 0.242 e. The standard InChI is InChI=1S/C12H10N4O2S/c13-7-11-1-2-12(9-15-11)19(17,18)16-8-10-3-5-14-6-4-10/h1-6,9,16H,8H2. The van der Waals surface area contributed by atoms with E-state index in [-0.39, 0.29) is 17.1 Å². The summed E-state index contributed by atoms with van der Waals surface area (Å²) in [5.41, 5.74) is 0.980. The molecule has 2 aromatic heterocycles. The van der Waals surface area contributed by atoms with Gasteiger partial charge in [-0.1, -0.05) is 0 Å². The van der Waals surface area contributed by atoms with Gasteiger partial charge < -0.3 is 0 Å². The molecular weight excluding hydrogens is 264 g/mol. The highest BCUT2D eigenvalue weighted by Crippen LogP contribution is 2.08. The molecule has 0 aliphatic rings. The van der Waals surface area contributed by atoms with Crippen LogP contribution in [-0.4, -0.2) is 18.4 Å². The van der Waals surface area contributed by atoms with Crippen LogP contribution in [0.4, 0.5) is 0 Å². The second-order valence-electron chi connectivity index (χ2n) is 3.67. The molecule has 0 saturated heterocycles. The van der Waals surface area contributed by atoms with Crippen molar-refractivity contribution in [1.82, 2.24) is 14.7 Å². The summed E-state index contributed by atoms with van der Waals surface area (Å²) in [4.78, 5) is 7.61. The zero-order chi connectivity index (χ0) is 13.7. The van der Waals surface area contributed by atoms with Crippen molar-refractivity contribution in [3.8, 4) is 6.07 Å². The van der Waals surface area contributed by atoms with Gasteiger partial charge in [-0.05, 0) is 29.8 Å². The zero-order valence-electron chi connectivity index (χ0n) is 9.81. The summed E-state index contributed by atoms with van der Waals surface area (Å²) in [5, 5.41) is 8.60. The molecule has 0 aromatic carbocycles. The first-order valence-electron chi connectivity index (χ1n) is 5.36. The lowest BCUT2D eigenvalue weighted by Crippen LogP contribution is -2.23. The topological polar surface area (TPSA) is 95.7 Å². The van der Waals surface area contributed by atoms with Crippen LogP contribution < -0.4 is 4.72 Å². The van der Waals surface area contributed by atoms with E-state index in [1.165, 1.54) is 12.1 Å². The van der Waals surface area contributed by atoms with Crippen molar-refractivity contribution in [3.05, 3.63) is 54.1 Å². The predicted molar refractivity (Wildman–Crippen MR) is 67.2 cm³/mol. The Balaban J connectivity index is 2.12. The van der Waals surface area contributed by atoms with Crippen LogP contribution in [0.1, 0.15) is 11.3 Å². The summed E-state index contributed by atoms with van der Waals surface area (Å²) in [6.45, 7) is 0.171. The van der Waals surface area contributed by atoms with Crippen molar-refractivity contribution in [2.75, 3.05) is 0 Å². The van der Waals surface area contributed by atoms with Gasteiger partial charge in [-0.25, -0.2) is 18.1 Å². The van der Waals surface area contributed by atoms with E-state index in [1.54, 1.807) is 24.5 Å². The number of nitriles is 1. The molecule has 19 heavy (non-hydrogen) atoms. The normalized spacial score (nSPS) is 10.9. The maximum absolute atomic E-state index is 12.0. The second kappa shape index (κ2) is 5.56. The molecule has 7 heteroatoms. The highest BCUT2D eigenvalue weighted by Gasteiger charge is 2.13. The van der Waals surface area contributed by atoms with E-state index >= 15 is 0 Å². The third-order valence-electron chi connectivity index (χ3n) is 2.38. The Hall–Kier alpha value is -2.30. The Bertz CT molecular complexity index is 691. The summed E-state index contributed by atoms with van der Waals surface area (Å²) in [6.07, 6.45) is 4.34. The van der Waals surface area contributed by atoms with Crippen LogP contribution in [0.15, 0.2) is 47.8 Å². The van der Waals surface area contributed by atoms with Crippen LogP contribution in [0.5, 0.6) is 0 Å². The van der Waals surface area contributed by atoms with Crippen molar-refractivity contribution >= 4 is 10.0 Å². The van der Waals surface area contributed by atoms with E-state index < -0.39 is 10.0 Å². The summed E-state index contributed by atoms with van der Waals surface area (Å²) in [5.74, 6) is 0. The molecule has 2 rings (SSSR count). The van der Waals surface area contributed by atoms with Crippen molar-refractivity contribution in [1.29, 1.82) is 5.26 Å². The van der Waals surface area contributed by atoms with E-state index in [9.17, 15) is 8.42 Å². The molecule has 0 unspecified atom stereocenters. The molecule has 2 heterocycles. The van der Waals surface area contributed by atoms with Gasteiger partial charge in [0.15, 0.2) is 0 Å². The molecular formula is C12H10N4O2S. The zero-order valence-corrected chi connectivity index (χ0v) is 10.6. The van der Waals surface area contributed by atoms with E-state index in [0.29, 0.717) is 0 Å². The number of nitrogens with zero attached hydrogens (tertiary/aromatic N) is 3. The molecule has 0 atom stereocenters. The van der Waals surface area contributed by atoms with E-state index in [1.807, 2.05) is 6.07 Å². The number of hydrogen-bond donors (Lipinski definition) is 1. The summed E-state index contributed by atoms with van der Waals surface area (Å²) >= 11 is 0. The van der Waals surface area contributed by atoms with E-state index in [4.69, 9.17) is 5.26 Å². The highest BCUT2D eigenvalue weighted by molar-refractivity contribution is 7.89. The van der Waals surface area contributed by atoms with Gasteiger partial charge in [0.1, 0.15) is 16.7 Å². The predicted octanol–water partition coefficient (Wildman–Crippen LogP) is 0.827. The number of aromatic nitrogens is 2. The van der Waals surface area contributed by atoms with Gasteiger partial charge in [0, 0.05) is 25.1 Å². The number of rotatable bonds is 4. The molecule has 0 saturated carbocycles. The molecule has 0 aliphatic carbocycles. The summed E-state index contributed by atoms with van der Waals surface area (Å²) in [7, 11) is -3.63. The molecule has 0 radical (unpaired) electrons. The monoisotopic (exact) mass is 274 g/mol. The highest BCUT2D eigenvalue weighted by atomic mass is 32.2. The first kappa shape index (κ1) is 13.1. The van der Waals surface area contributed by atoms with Gasteiger partial charge in [-0.3, -0.25) is 4.98 Å². The van der Waals surface area contributed by atoms with Crippen molar-refractivity contribution in [2.45, 2.75) is 11.4 Å². The van der Waals surface area contributed by atoms with Crippen LogP contribution in [0.2, 0.25) is 0 Å². The Labute approximate surface area is 110 Å². The SMILES string of the molecule is N#Cc1ccc(S(=O)(=O)NCc2ccncc2)cn1. The second-order valence-corrected chi connectivity index (χ2v) is 5.44. The third kappa shape index (κ3) is 3.34. The Kier molecular flexibility index (Phi) is 3.85. The van der Waals surface area contributed by atoms with Gasteiger partial charge >= 0.3 is 0 Å². The molecule has 2 aromatic rings. The van der Waals surface area contributed by atoms with Gasteiger partial charge in [0.25, 0.3) is 0 Å². The average molecular weight is 274 g/mol. The summed E-state index contributed by atoms with van der Waals surface area (Å²) < 4.78 is 26.4. The van der Waals surface area contributed by atoms with Crippen LogP contribution in [0, 0.1) is 11.3 Å². The first-order chi connectivity index (χ1) is 9.12. The van der Waals surface area contributed by atoms with Crippen LogP contribution in [0.3, 0.4) is 0 Å². The average Bonchev–Trinajstić information content (AvgIpc) is 2.46. The van der Waals surface area contributed by atoms with Gasteiger partial charge in [-0.2, -0.15) is 5.26 Å². The van der Waals surface area contributed by atoms with Crippen LogP contribution >= 0.6 is 0 Å². The fourth-order valence-corrected chi connectivity index (χ4v) is 2.33. The van der Waals surface area contributed by atoms with Crippen molar-refractivity contribution in [3.63, 3.8) is 0 Å². The van der Waals surface area contributed by atoms with E-state index in [2.05, 4.69) is 14.7 Å². The smallest absolute Gasteiger partial charge is 0.242 e. The fourth-order valence-electron chi connectivity index (χ4n) is 1.37. The molecule has 0 bridgehead atoms. The Morgan fingerprint density at radius 1 is 1.21 bits per heavy atom. The largest absolute Gasteiger partial charge is 0.265 e. The van der Waals surface area contributed by atoms with Gasteiger partial charge in [0.2, 0.25) is 10.0 Å². The first-order valence-corrected chi connectivity index (χ1v) is 6.85. The lowest BCUT2D eigenvalue weighted by molar-refractivity contribution is 0.581. The van der Waals surface area contributed by atoms with Gasteiger partial charge in [0.05, 0.1) is 0 Å². The van der Waals surface area contributed by atoms with E-state index in [0.717, 1.165) is 11.8 Å². The summed E-state index contributed by atoms with van der Waals surface area (Å²) in [6, 6.07) is 7.98. The lowest BCUT2D eigenvalue weighted by Gasteiger charge is -2.06. The lowest BCUT2D eigenvalue weighted by atomic mass is 10.3. The minimum Gasteiger partial charge on any atom is -0.265 e. The van der Waals surface area contributed by atoms with Crippen molar-refractivity contribution < 1.29 is 8.42 Å². The number of hydrogen-bond acceptors (Lipinski definition) is 5. The molecule has 0 amide bonds. The molecule has 0 spiro atoms. The number of sulfonamides is 1. The maximum atomic E-state index is 12.0. The minimum absolute atomic E-state index is 0.0283. The van der Waals surface area contributed by atoms with Crippen LogP contribution in [0.25, 0.3) is 0 Å². The molecule has 0 aliphatic heterocycles. The Morgan fingerprint density at radius 2 is 1.95 bits per heavy atom. The molecule has 6 nitrogen and oxygen atoms in total. The Morgan fingerprint density at radius 3 is 2.53 bits per heavy atom. The van der Waals surface area contributed by atoms with Crippen molar-refractivity contribution in [2.24, 2.45) is 0 Å². The number of nitrogens with one attached hydrogen (secondary N) is 1. The quantitative estimate of drug-likeness (QED) is 0.890. The molecule has 96 valence electrons.